The summed E-state index contributed by atoms with van der Waals surface area (Å²) in [7, 11) is 1.91. The SMILES string of the molecule is Cn1c(C(=O)N(Cc2ccccc2)Cc2ccccc2)cc2ccc(Cl)cc21. The lowest BCUT2D eigenvalue weighted by Crippen LogP contribution is -2.31. The van der Waals surface area contributed by atoms with Crippen molar-refractivity contribution < 1.29 is 4.79 Å². The van der Waals surface area contributed by atoms with Gasteiger partial charge >= 0.3 is 0 Å². The van der Waals surface area contributed by atoms with E-state index in [0.29, 0.717) is 23.8 Å². The fraction of sp³-hybridized carbons (Fsp3) is 0.125. The highest BCUT2D eigenvalue weighted by atomic mass is 35.5. The van der Waals surface area contributed by atoms with Gasteiger partial charge in [-0.1, -0.05) is 78.3 Å². The lowest BCUT2D eigenvalue weighted by molar-refractivity contribution is 0.0721. The first-order valence-electron chi connectivity index (χ1n) is 9.24. The van der Waals surface area contributed by atoms with E-state index in [4.69, 9.17) is 11.6 Å². The van der Waals surface area contributed by atoms with E-state index in [1.807, 2.05) is 101 Å². The largest absolute Gasteiger partial charge is 0.340 e. The van der Waals surface area contributed by atoms with Gasteiger partial charge in [0.2, 0.25) is 0 Å². The van der Waals surface area contributed by atoms with Crippen molar-refractivity contribution in [1.29, 1.82) is 0 Å². The van der Waals surface area contributed by atoms with Gasteiger partial charge in [-0.25, -0.2) is 0 Å². The number of carbonyl (C=O) groups excluding carboxylic acids is 1. The third-order valence-corrected chi connectivity index (χ3v) is 5.18. The van der Waals surface area contributed by atoms with Crippen molar-refractivity contribution in [2.45, 2.75) is 13.1 Å². The van der Waals surface area contributed by atoms with Crippen LogP contribution in [-0.4, -0.2) is 15.4 Å². The molecule has 1 amide bonds. The summed E-state index contributed by atoms with van der Waals surface area (Å²) in [5.74, 6) is 0.00234. The topological polar surface area (TPSA) is 25.2 Å². The average molecular weight is 389 g/mol. The molecule has 3 aromatic carbocycles. The van der Waals surface area contributed by atoms with E-state index in [-0.39, 0.29) is 5.91 Å². The maximum atomic E-state index is 13.5. The molecule has 0 radical (unpaired) electrons. The molecule has 0 fully saturated rings. The first-order chi connectivity index (χ1) is 13.6. The summed E-state index contributed by atoms with van der Waals surface area (Å²) in [6.07, 6.45) is 0. The van der Waals surface area contributed by atoms with E-state index >= 15 is 0 Å². The molecular weight excluding hydrogens is 368 g/mol. The second-order valence-corrected chi connectivity index (χ2v) is 7.36. The van der Waals surface area contributed by atoms with Crippen LogP contribution in [-0.2, 0) is 20.1 Å². The van der Waals surface area contributed by atoms with Gasteiger partial charge in [0.1, 0.15) is 5.69 Å². The predicted octanol–water partition coefficient (Wildman–Crippen LogP) is 5.67. The Morgan fingerprint density at radius 3 is 2.00 bits per heavy atom. The molecule has 1 heterocycles. The Morgan fingerprint density at radius 1 is 0.857 bits per heavy atom. The van der Waals surface area contributed by atoms with Crippen molar-refractivity contribution in [1.82, 2.24) is 9.47 Å². The molecule has 0 saturated heterocycles. The summed E-state index contributed by atoms with van der Waals surface area (Å²) < 4.78 is 1.92. The van der Waals surface area contributed by atoms with Crippen molar-refractivity contribution in [3.63, 3.8) is 0 Å². The zero-order chi connectivity index (χ0) is 19.5. The number of aryl methyl sites for hydroxylation is 1. The van der Waals surface area contributed by atoms with Crippen LogP contribution < -0.4 is 0 Å². The van der Waals surface area contributed by atoms with Crippen LogP contribution in [0.4, 0.5) is 0 Å². The van der Waals surface area contributed by atoms with Gasteiger partial charge in [0, 0.05) is 36.1 Å². The molecule has 0 aliphatic carbocycles. The summed E-state index contributed by atoms with van der Waals surface area (Å²) >= 11 is 6.15. The van der Waals surface area contributed by atoms with E-state index in [9.17, 15) is 4.79 Å². The highest BCUT2D eigenvalue weighted by Crippen LogP contribution is 2.24. The quantitative estimate of drug-likeness (QED) is 0.432. The lowest BCUT2D eigenvalue weighted by Gasteiger charge is -2.23. The van der Waals surface area contributed by atoms with Gasteiger partial charge in [-0.2, -0.15) is 0 Å². The molecule has 4 aromatic rings. The smallest absolute Gasteiger partial charge is 0.271 e. The van der Waals surface area contributed by atoms with Crippen molar-refractivity contribution in [2.75, 3.05) is 0 Å². The number of halogens is 1. The summed E-state index contributed by atoms with van der Waals surface area (Å²) in [6, 6.07) is 27.8. The Morgan fingerprint density at radius 2 is 1.43 bits per heavy atom. The molecular formula is C24H21ClN2O. The molecule has 0 unspecified atom stereocenters. The van der Waals surface area contributed by atoms with Gasteiger partial charge in [0.25, 0.3) is 5.91 Å². The predicted molar refractivity (Wildman–Crippen MR) is 114 cm³/mol. The van der Waals surface area contributed by atoms with E-state index in [2.05, 4.69) is 0 Å². The van der Waals surface area contributed by atoms with Gasteiger partial charge in [0.05, 0.1) is 0 Å². The van der Waals surface area contributed by atoms with Crippen LogP contribution in [0.3, 0.4) is 0 Å². The van der Waals surface area contributed by atoms with Gasteiger partial charge in [-0.15, -0.1) is 0 Å². The maximum absolute atomic E-state index is 13.5. The van der Waals surface area contributed by atoms with Gasteiger partial charge < -0.3 is 9.47 Å². The minimum atomic E-state index is 0.00234. The highest BCUT2D eigenvalue weighted by molar-refractivity contribution is 6.31. The molecule has 28 heavy (non-hydrogen) atoms. The third-order valence-electron chi connectivity index (χ3n) is 4.95. The van der Waals surface area contributed by atoms with Crippen molar-refractivity contribution in [3.05, 3.63) is 107 Å². The Labute approximate surface area is 169 Å². The summed E-state index contributed by atoms with van der Waals surface area (Å²) in [6.45, 7) is 1.10. The molecule has 0 spiro atoms. The Hall–Kier alpha value is -3.04. The van der Waals surface area contributed by atoms with Crippen molar-refractivity contribution in [3.8, 4) is 0 Å². The molecule has 0 N–H and O–H groups in total. The molecule has 0 bridgehead atoms. The Bertz CT molecular complexity index is 1060. The van der Waals surface area contributed by atoms with Crippen molar-refractivity contribution >= 4 is 28.4 Å². The van der Waals surface area contributed by atoms with E-state index in [1.54, 1.807) is 0 Å². The van der Waals surface area contributed by atoms with Crippen LogP contribution in [0.2, 0.25) is 5.02 Å². The Kier molecular flexibility index (Phi) is 5.18. The van der Waals surface area contributed by atoms with E-state index < -0.39 is 0 Å². The van der Waals surface area contributed by atoms with Crippen LogP contribution in [0.1, 0.15) is 21.6 Å². The number of hydrogen-bond donors (Lipinski definition) is 0. The molecule has 0 atom stereocenters. The zero-order valence-corrected chi connectivity index (χ0v) is 16.4. The minimum absolute atomic E-state index is 0.00234. The molecule has 3 nitrogen and oxygen atoms in total. The van der Waals surface area contributed by atoms with Gasteiger partial charge in [-0.3, -0.25) is 4.79 Å². The fourth-order valence-electron chi connectivity index (χ4n) is 3.48. The number of benzene rings is 3. The second kappa shape index (κ2) is 7.91. The summed E-state index contributed by atoms with van der Waals surface area (Å²) in [5.41, 5.74) is 3.82. The number of carbonyl (C=O) groups is 1. The number of amides is 1. The molecule has 1 aromatic heterocycles. The normalized spacial score (nSPS) is 10.9. The Balaban J connectivity index is 1.71. The molecule has 0 aliphatic rings. The van der Waals surface area contributed by atoms with Crippen LogP contribution >= 0.6 is 11.6 Å². The molecule has 4 rings (SSSR count). The van der Waals surface area contributed by atoms with Crippen LogP contribution in [0.15, 0.2) is 84.9 Å². The third kappa shape index (κ3) is 3.80. The first kappa shape index (κ1) is 18.3. The lowest BCUT2D eigenvalue weighted by atomic mass is 10.1. The number of rotatable bonds is 5. The summed E-state index contributed by atoms with van der Waals surface area (Å²) in [4.78, 5) is 15.4. The van der Waals surface area contributed by atoms with Gasteiger partial charge in [-0.05, 0) is 29.3 Å². The van der Waals surface area contributed by atoms with Crippen LogP contribution in [0.25, 0.3) is 10.9 Å². The van der Waals surface area contributed by atoms with Crippen LogP contribution in [0.5, 0.6) is 0 Å². The average Bonchev–Trinajstić information content (AvgIpc) is 3.04. The first-order valence-corrected chi connectivity index (χ1v) is 9.62. The van der Waals surface area contributed by atoms with Crippen LogP contribution in [0, 0.1) is 0 Å². The van der Waals surface area contributed by atoms with Crippen molar-refractivity contribution in [2.24, 2.45) is 7.05 Å². The second-order valence-electron chi connectivity index (χ2n) is 6.92. The molecule has 0 saturated carbocycles. The molecule has 140 valence electrons. The number of fused-ring (bicyclic) bond motifs is 1. The number of hydrogen-bond acceptors (Lipinski definition) is 1. The fourth-order valence-corrected chi connectivity index (χ4v) is 3.64. The zero-order valence-electron chi connectivity index (χ0n) is 15.7. The van der Waals surface area contributed by atoms with E-state index in [0.717, 1.165) is 22.0 Å². The monoisotopic (exact) mass is 388 g/mol. The number of aromatic nitrogens is 1. The van der Waals surface area contributed by atoms with Gasteiger partial charge in [0.15, 0.2) is 0 Å². The molecule has 0 aliphatic heterocycles. The standard InChI is InChI=1S/C24H21ClN2O/c1-26-22-15-21(25)13-12-20(22)14-23(26)24(28)27(16-18-8-4-2-5-9-18)17-19-10-6-3-7-11-19/h2-15H,16-17H2,1H3. The maximum Gasteiger partial charge on any atom is 0.271 e. The molecule has 4 heteroatoms. The highest BCUT2D eigenvalue weighted by Gasteiger charge is 2.21. The minimum Gasteiger partial charge on any atom is -0.340 e. The summed E-state index contributed by atoms with van der Waals surface area (Å²) in [5, 5.41) is 1.67. The number of nitrogens with zero attached hydrogens (tertiary/aromatic N) is 2. The van der Waals surface area contributed by atoms with E-state index in [1.165, 1.54) is 0 Å².